The van der Waals surface area contributed by atoms with Crippen LogP contribution in [-0.4, -0.2) is 37.5 Å². The molecule has 0 spiro atoms. The minimum Gasteiger partial charge on any atom is -0.403 e. The van der Waals surface area contributed by atoms with Crippen molar-refractivity contribution < 1.29 is 4.74 Å². The van der Waals surface area contributed by atoms with Gasteiger partial charge in [0.15, 0.2) is 5.16 Å². The fourth-order valence-corrected chi connectivity index (χ4v) is 1.69. The lowest BCUT2D eigenvalue weighted by Crippen LogP contribution is -2.18. The zero-order valence-corrected chi connectivity index (χ0v) is 12.1. The molecule has 2 aromatic heterocycles. The van der Waals surface area contributed by atoms with Crippen molar-refractivity contribution in [1.82, 2.24) is 24.7 Å². The van der Waals surface area contributed by atoms with Crippen molar-refractivity contribution in [1.29, 1.82) is 0 Å². The first-order chi connectivity index (χ1) is 9.62. The predicted octanol–water partition coefficient (Wildman–Crippen LogP) is 0.911. The third kappa shape index (κ3) is 3.44. The fourth-order valence-electron chi connectivity index (χ4n) is 1.34. The van der Waals surface area contributed by atoms with E-state index in [1.54, 1.807) is 7.05 Å². The molecule has 1 N–H and O–H groups in total. The van der Waals surface area contributed by atoms with Crippen LogP contribution in [0.25, 0.3) is 0 Å². The van der Waals surface area contributed by atoms with Gasteiger partial charge in [0, 0.05) is 25.7 Å². The van der Waals surface area contributed by atoms with Crippen LogP contribution in [0.4, 0.5) is 5.95 Å². The van der Waals surface area contributed by atoms with Crippen LogP contribution in [0, 0.1) is 0 Å². The van der Waals surface area contributed by atoms with E-state index in [4.69, 9.17) is 4.74 Å². The average molecular weight is 294 g/mol. The molecule has 0 aromatic carbocycles. The van der Waals surface area contributed by atoms with Gasteiger partial charge in [-0.3, -0.25) is 4.79 Å². The van der Waals surface area contributed by atoms with Crippen molar-refractivity contribution in [2.75, 3.05) is 18.1 Å². The van der Waals surface area contributed by atoms with E-state index in [1.807, 2.05) is 13.2 Å². The van der Waals surface area contributed by atoms with Gasteiger partial charge in [0.05, 0.1) is 0 Å². The van der Waals surface area contributed by atoms with E-state index >= 15 is 0 Å². The fraction of sp³-hybridized carbons (Fsp3) is 0.364. The van der Waals surface area contributed by atoms with Crippen LogP contribution in [-0.2, 0) is 7.05 Å². The first kappa shape index (κ1) is 14.3. The number of nitrogens with one attached hydrogen (secondary N) is 1. The van der Waals surface area contributed by atoms with E-state index in [1.165, 1.54) is 28.6 Å². The van der Waals surface area contributed by atoms with E-state index in [9.17, 15) is 4.79 Å². The molecule has 8 nitrogen and oxygen atoms in total. The van der Waals surface area contributed by atoms with E-state index in [-0.39, 0.29) is 17.4 Å². The maximum atomic E-state index is 11.3. The van der Waals surface area contributed by atoms with E-state index < -0.39 is 0 Å². The van der Waals surface area contributed by atoms with Crippen molar-refractivity contribution in [3.63, 3.8) is 0 Å². The number of ether oxygens (including phenoxy) is 1. The Morgan fingerprint density at radius 2 is 2.15 bits per heavy atom. The van der Waals surface area contributed by atoms with Crippen molar-refractivity contribution in [2.45, 2.75) is 12.1 Å². The van der Waals surface area contributed by atoms with Crippen LogP contribution < -0.4 is 15.6 Å². The molecule has 0 fully saturated rings. The summed E-state index contributed by atoms with van der Waals surface area (Å²) in [6.45, 7) is 2.63. The van der Waals surface area contributed by atoms with Crippen LogP contribution in [0.15, 0.2) is 22.1 Å². The third-order valence-corrected chi connectivity index (χ3v) is 2.79. The first-order valence-electron chi connectivity index (χ1n) is 5.88. The molecule has 0 amide bonds. The summed E-state index contributed by atoms with van der Waals surface area (Å²) < 4.78 is 6.64. The molecule has 20 heavy (non-hydrogen) atoms. The second-order valence-electron chi connectivity index (χ2n) is 3.69. The van der Waals surface area contributed by atoms with Gasteiger partial charge in [-0.2, -0.15) is 15.0 Å². The molecular formula is C11H14N6O2S. The molecule has 0 aliphatic heterocycles. The predicted molar refractivity (Wildman–Crippen MR) is 75.3 cm³/mol. The number of hydrogen-bond donors (Lipinski definition) is 1. The SMILES string of the molecule is CCNc1nc(Oc2ccc(=O)n(C)n2)nc(SC)n1. The van der Waals surface area contributed by atoms with Crippen LogP contribution in [0.2, 0.25) is 0 Å². The summed E-state index contributed by atoms with van der Waals surface area (Å²) in [6.07, 6.45) is 1.86. The second kappa shape index (κ2) is 6.33. The Labute approximate surface area is 119 Å². The third-order valence-electron chi connectivity index (χ3n) is 2.24. The molecular weight excluding hydrogens is 280 g/mol. The molecule has 0 aliphatic carbocycles. The Hall–Kier alpha value is -2.16. The highest BCUT2D eigenvalue weighted by atomic mass is 32.2. The minimum atomic E-state index is -0.217. The lowest BCUT2D eigenvalue weighted by molar-refractivity contribution is 0.401. The van der Waals surface area contributed by atoms with E-state index in [2.05, 4.69) is 25.4 Å². The molecule has 9 heteroatoms. The van der Waals surface area contributed by atoms with E-state index in [0.717, 1.165) is 0 Å². The van der Waals surface area contributed by atoms with Gasteiger partial charge < -0.3 is 10.1 Å². The molecule has 106 valence electrons. The van der Waals surface area contributed by atoms with Gasteiger partial charge in [-0.15, -0.1) is 5.10 Å². The maximum absolute atomic E-state index is 11.3. The highest BCUT2D eigenvalue weighted by Gasteiger charge is 2.08. The highest BCUT2D eigenvalue weighted by Crippen LogP contribution is 2.18. The lowest BCUT2D eigenvalue weighted by atomic mass is 10.5. The summed E-state index contributed by atoms with van der Waals surface area (Å²) in [5.41, 5.74) is -0.217. The van der Waals surface area contributed by atoms with Gasteiger partial charge in [0.2, 0.25) is 11.8 Å². The number of anilines is 1. The van der Waals surface area contributed by atoms with Gasteiger partial charge >= 0.3 is 6.01 Å². The van der Waals surface area contributed by atoms with Crippen molar-refractivity contribution in [3.05, 3.63) is 22.5 Å². The molecule has 2 rings (SSSR count). The molecule has 0 bridgehead atoms. The van der Waals surface area contributed by atoms with Crippen molar-refractivity contribution >= 4 is 17.7 Å². The molecule has 0 saturated heterocycles. The molecule has 2 heterocycles. The number of aromatic nitrogens is 5. The molecule has 0 unspecified atom stereocenters. The van der Waals surface area contributed by atoms with E-state index in [0.29, 0.717) is 17.6 Å². The normalized spacial score (nSPS) is 10.3. The molecule has 0 atom stereocenters. The summed E-state index contributed by atoms with van der Waals surface area (Å²) in [4.78, 5) is 23.7. The monoisotopic (exact) mass is 294 g/mol. The summed E-state index contributed by atoms with van der Waals surface area (Å²) in [6, 6.07) is 2.97. The Bertz CT molecular complexity index is 660. The van der Waals surface area contributed by atoms with Gasteiger partial charge in [-0.25, -0.2) is 4.68 Å². The van der Waals surface area contributed by atoms with Crippen LogP contribution in [0.1, 0.15) is 6.92 Å². The molecule has 0 aliphatic rings. The first-order valence-corrected chi connectivity index (χ1v) is 7.11. The Morgan fingerprint density at radius 1 is 1.35 bits per heavy atom. The lowest BCUT2D eigenvalue weighted by Gasteiger charge is -2.07. The Kier molecular flexibility index (Phi) is 4.51. The summed E-state index contributed by atoms with van der Waals surface area (Å²) in [5.74, 6) is 0.680. The smallest absolute Gasteiger partial charge is 0.329 e. The standard InChI is InChI=1S/C11H14N6O2S/c1-4-12-9-13-10(15-11(14-9)20-3)19-7-5-6-8(18)17(2)16-7/h5-6H,4H2,1-3H3,(H,12,13,14,15). The average Bonchev–Trinajstić information content (AvgIpc) is 2.43. The summed E-state index contributed by atoms with van der Waals surface area (Å²) in [5, 5.41) is 7.49. The van der Waals surface area contributed by atoms with Gasteiger partial charge in [0.25, 0.3) is 5.56 Å². The summed E-state index contributed by atoms with van der Waals surface area (Å²) in [7, 11) is 1.54. The summed E-state index contributed by atoms with van der Waals surface area (Å²) >= 11 is 1.38. The zero-order chi connectivity index (χ0) is 14.5. The van der Waals surface area contributed by atoms with Crippen LogP contribution in [0.3, 0.4) is 0 Å². The number of hydrogen-bond acceptors (Lipinski definition) is 8. The number of aryl methyl sites for hydroxylation is 1. The van der Waals surface area contributed by atoms with Crippen LogP contribution in [0.5, 0.6) is 11.9 Å². The Balaban J connectivity index is 2.29. The zero-order valence-electron chi connectivity index (χ0n) is 11.3. The van der Waals surface area contributed by atoms with Gasteiger partial charge in [-0.1, -0.05) is 11.8 Å². The largest absolute Gasteiger partial charge is 0.403 e. The van der Waals surface area contributed by atoms with Crippen LogP contribution >= 0.6 is 11.8 Å². The molecule has 0 saturated carbocycles. The minimum absolute atomic E-state index is 0.131. The van der Waals surface area contributed by atoms with Gasteiger partial charge in [-0.05, 0) is 13.2 Å². The second-order valence-corrected chi connectivity index (χ2v) is 4.47. The quantitative estimate of drug-likeness (QED) is 0.813. The number of nitrogens with zero attached hydrogens (tertiary/aromatic N) is 5. The number of rotatable bonds is 5. The maximum Gasteiger partial charge on any atom is 0.329 e. The van der Waals surface area contributed by atoms with Gasteiger partial charge in [0.1, 0.15) is 0 Å². The van der Waals surface area contributed by atoms with Crippen molar-refractivity contribution in [3.8, 4) is 11.9 Å². The van der Waals surface area contributed by atoms with Crippen molar-refractivity contribution in [2.24, 2.45) is 7.05 Å². The number of thioether (sulfide) groups is 1. The molecule has 0 radical (unpaired) electrons. The topological polar surface area (TPSA) is 94.8 Å². The molecule has 2 aromatic rings. The highest BCUT2D eigenvalue weighted by molar-refractivity contribution is 7.98. The Morgan fingerprint density at radius 3 is 2.80 bits per heavy atom.